The van der Waals surface area contributed by atoms with Crippen LogP contribution in [-0.4, -0.2) is 46.4 Å². The first-order valence-corrected chi connectivity index (χ1v) is 9.23. The fraction of sp³-hybridized carbons (Fsp3) is 0.400. The summed E-state index contributed by atoms with van der Waals surface area (Å²) < 4.78 is 4.97. The van der Waals surface area contributed by atoms with Crippen molar-refractivity contribution in [3.8, 4) is 0 Å². The molecule has 7 nitrogen and oxygen atoms in total. The fourth-order valence-electron chi connectivity index (χ4n) is 2.94. The molecule has 0 saturated carbocycles. The van der Waals surface area contributed by atoms with E-state index in [0.29, 0.717) is 29.7 Å². The van der Waals surface area contributed by atoms with E-state index in [4.69, 9.17) is 4.74 Å². The maximum absolute atomic E-state index is 12.6. The van der Waals surface area contributed by atoms with Crippen LogP contribution in [0.25, 0.3) is 0 Å². The Labute approximate surface area is 158 Å². The van der Waals surface area contributed by atoms with Crippen molar-refractivity contribution in [1.29, 1.82) is 0 Å². The topological polar surface area (TPSA) is 84.4 Å². The van der Waals surface area contributed by atoms with Gasteiger partial charge in [-0.3, -0.25) is 4.79 Å². The van der Waals surface area contributed by atoms with E-state index in [1.54, 1.807) is 43.5 Å². The SMILES string of the molecule is CCOC(=O)c1ccc(Nc2nccc(C(=O)N3CCC(C)CC3)n2)cc1. The average molecular weight is 368 g/mol. The van der Waals surface area contributed by atoms with Gasteiger partial charge in [0.25, 0.3) is 5.91 Å². The predicted molar refractivity (Wildman–Crippen MR) is 102 cm³/mol. The van der Waals surface area contributed by atoms with Crippen LogP contribution >= 0.6 is 0 Å². The highest BCUT2D eigenvalue weighted by molar-refractivity contribution is 5.92. The Morgan fingerprint density at radius 1 is 1.19 bits per heavy atom. The Hall–Kier alpha value is -2.96. The van der Waals surface area contributed by atoms with Gasteiger partial charge in [-0.05, 0) is 56.0 Å². The number of likely N-dealkylation sites (tertiary alicyclic amines) is 1. The van der Waals surface area contributed by atoms with Crippen molar-refractivity contribution in [2.24, 2.45) is 5.92 Å². The second-order valence-corrected chi connectivity index (χ2v) is 6.66. The number of hydrogen-bond acceptors (Lipinski definition) is 6. The molecule has 0 aliphatic carbocycles. The maximum atomic E-state index is 12.6. The van der Waals surface area contributed by atoms with Crippen LogP contribution in [0.3, 0.4) is 0 Å². The molecular formula is C20H24N4O3. The van der Waals surface area contributed by atoms with Crippen LogP contribution in [0.4, 0.5) is 11.6 Å². The molecule has 0 radical (unpaired) electrons. The van der Waals surface area contributed by atoms with Crippen molar-refractivity contribution in [2.45, 2.75) is 26.7 Å². The highest BCUT2D eigenvalue weighted by Gasteiger charge is 2.22. The molecule has 0 spiro atoms. The van der Waals surface area contributed by atoms with E-state index >= 15 is 0 Å². The number of ether oxygens (including phenoxy) is 1. The molecule has 1 fully saturated rings. The Balaban J connectivity index is 1.67. The van der Waals surface area contributed by atoms with E-state index in [0.717, 1.165) is 31.6 Å². The zero-order valence-corrected chi connectivity index (χ0v) is 15.6. The minimum atomic E-state index is -0.358. The molecule has 0 unspecified atom stereocenters. The molecule has 1 aromatic carbocycles. The zero-order valence-electron chi connectivity index (χ0n) is 15.6. The van der Waals surface area contributed by atoms with Crippen molar-refractivity contribution >= 4 is 23.5 Å². The first-order chi connectivity index (χ1) is 13.1. The lowest BCUT2D eigenvalue weighted by atomic mass is 9.99. The van der Waals surface area contributed by atoms with Crippen molar-refractivity contribution in [3.05, 3.63) is 47.8 Å². The second kappa shape index (κ2) is 8.62. The van der Waals surface area contributed by atoms with Crippen molar-refractivity contribution in [1.82, 2.24) is 14.9 Å². The lowest BCUT2D eigenvalue weighted by Crippen LogP contribution is -2.38. The minimum absolute atomic E-state index is 0.0648. The summed E-state index contributed by atoms with van der Waals surface area (Å²) in [5.74, 6) is 0.582. The molecule has 0 atom stereocenters. The summed E-state index contributed by atoms with van der Waals surface area (Å²) in [5, 5.41) is 3.06. The van der Waals surface area contributed by atoms with E-state index in [-0.39, 0.29) is 11.9 Å². The number of aromatic nitrogens is 2. The number of carbonyl (C=O) groups excluding carboxylic acids is 2. The number of anilines is 2. The van der Waals surface area contributed by atoms with Gasteiger partial charge < -0.3 is 15.0 Å². The van der Waals surface area contributed by atoms with Crippen LogP contribution in [-0.2, 0) is 4.74 Å². The van der Waals surface area contributed by atoms with Gasteiger partial charge in [0.05, 0.1) is 12.2 Å². The predicted octanol–water partition coefficient (Wildman–Crippen LogP) is 3.27. The molecule has 7 heteroatoms. The number of piperidine rings is 1. The van der Waals surface area contributed by atoms with E-state index in [2.05, 4.69) is 22.2 Å². The standard InChI is InChI=1S/C20H24N4O3/c1-3-27-19(26)15-4-6-16(7-5-15)22-20-21-11-8-17(23-20)18(25)24-12-9-14(2)10-13-24/h4-8,11,14H,3,9-10,12-13H2,1-2H3,(H,21,22,23). The molecule has 1 aromatic heterocycles. The highest BCUT2D eigenvalue weighted by Crippen LogP contribution is 2.19. The van der Waals surface area contributed by atoms with E-state index in [9.17, 15) is 9.59 Å². The Bertz CT molecular complexity index is 799. The van der Waals surface area contributed by atoms with Gasteiger partial charge in [0.1, 0.15) is 5.69 Å². The van der Waals surface area contributed by atoms with Crippen LogP contribution in [0.1, 0.15) is 47.5 Å². The van der Waals surface area contributed by atoms with E-state index < -0.39 is 0 Å². The third-order valence-corrected chi connectivity index (χ3v) is 4.60. The normalized spacial score (nSPS) is 14.7. The summed E-state index contributed by atoms with van der Waals surface area (Å²) in [4.78, 5) is 34.7. The number of hydrogen-bond donors (Lipinski definition) is 1. The summed E-state index contributed by atoms with van der Waals surface area (Å²) in [5.41, 5.74) is 1.58. The molecule has 0 bridgehead atoms. The van der Waals surface area contributed by atoms with Crippen LogP contribution in [0.2, 0.25) is 0 Å². The minimum Gasteiger partial charge on any atom is -0.462 e. The molecule has 2 heterocycles. The first kappa shape index (κ1) is 18.8. The number of nitrogens with one attached hydrogen (secondary N) is 1. The van der Waals surface area contributed by atoms with Gasteiger partial charge in [0.15, 0.2) is 0 Å². The lowest BCUT2D eigenvalue weighted by molar-refractivity contribution is 0.0526. The number of nitrogens with zero attached hydrogens (tertiary/aromatic N) is 3. The summed E-state index contributed by atoms with van der Waals surface area (Å²) in [6, 6.07) is 8.47. The van der Waals surface area contributed by atoms with Crippen molar-refractivity contribution in [2.75, 3.05) is 25.0 Å². The maximum Gasteiger partial charge on any atom is 0.338 e. The van der Waals surface area contributed by atoms with Crippen LogP contribution in [0.5, 0.6) is 0 Å². The van der Waals surface area contributed by atoms with E-state index in [1.807, 2.05) is 4.90 Å². The van der Waals surface area contributed by atoms with Gasteiger partial charge in [0.2, 0.25) is 5.95 Å². The van der Waals surface area contributed by atoms with Gasteiger partial charge in [-0.25, -0.2) is 14.8 Å². The molecular weight excluding hydrogens is 344 g/mol. The largest absolute Gasteiger partial charge is 0.462 e. The summed E-state index contributed by atoms with van der Waals surface area (Å²) in [7, 11) is 0. The third kappa shape index (κ3) is 4.81. The summed E-state index contributed by atoms with van der Waals surface area (Å²) in [6.45, 7) is 5.85. The van der Waals surface area contributed by atoms with Gasteiger partial charge in [-0.2, -0.15) is 0 Å². The van der Waals surface area contributed by atoms with Gasteiger partial charge in [0, 0.05) is 25.0 Å². The summed E-state index contributed by atoms with van der Waals surface area (Å²) >= 11 is 0. The number of amides is 1. The Kier molecular flexibility index (Phi) is 6.01. The zero-order chi connectivity index (χ0) is 19.2. The van der Waals surface area contributed by atoms with Crippen LogP contribution in [0, 0.1) is 5.92 Å². The first-order valence-electron chi connectivity index (χ1n) is 9.23. The number of esters is 1. The molecule has 27 heavy (non-hydrogen) atoms. The van der Waals surface area contributed by atoms with Gasteiger partial charge >= 0.3 is 5.97 Å². The number of rotatable bonds is 5. The molecule has 142 valence electrons. The molecule has 3 rings (SSSR count). The van der Waals surface area contributed by atoms with Gasteiger partial charge in [-0.15, -0.1) is 0 Å². The van der Waals surface area contributed by atoms with E-state index in [1.165, 1.54) is 0 Å². The third-order valence-electron chi connectivity index (χ3n) is 4.60. The molecule has 1 N–H and O–H groups in total. The van der Waals surface area contributed by atoms with Crippen LogP contribution in [0.15, 0.2) is 36.5 Å². The second-order valence-electron chi connectivity index (χ2n) is 6.66. The summed E-state index contributed by atoms with van der Waals surface area (Å²) in [6.07, 6.45) is 3.62. The average Bonchev–Trinajstić information content (AvgIpc) is 2.69. The monoisotopic (exact) mass is 368 g/mol. The van der Waals surface area contributed by atoms with Crippen molar-refractivity contribution < 1.29 is 14.3 Å². The molecule has 1 saturated heterocycles. The molecule has 1 aliphatic heterocycles. The number of carbonyl (C=O) groups is 2. The van der Waals surface area contributed by atoms with Crippen LogP contribution < -0.4 is 5.32 Å². The molecule has 2 aromatic rings. The Morgan fingerprint density at radius 2 is 1.89 bits per heavy atom. The van der Waals surface area contributed by atoms with Crippen molar-refractivity contribution in [3.63, 3.8) is 0 Å². The lowest BCUT2D eigenvalue weighted by Gasteiger charge is -2.30. The smallest absolute Gasteiger partial charge is 0.338 e. The number of benzene rings is 1. The quantitative estimate of drug-likeness (QED) is 0.816. The fourth-order valence-corrected chi connectivity index (χ4v) is 2.94. The molecule has 1 aliphatic rings. The van der Waals surface area contributed by atoms with Gasteiger partial charge in [-0.1, -0.05) is 6.92 Å². The highest BCUT2D eigenvalue weighted by atomic mass is 16.5. The molecule has 1 amide bonds. The Morgan fingerprint density at radius 3 is 2.56 bits per heavy atom.